The van der Waals surface area contributed by atoms with Crippen molar-refractivity contribution in [2.75, 3.05) is 0 Å². The minimum Gasteiger partial charge on any atom is -0.383 e. The molecule has 3 heteroatoms. The van der Waals surface area contributed by atoms with Crippen LogP contribution in [-0.4, -0.2) is 15.1 Å². The third-order valence-electron chi connectivity index (χ3n) is 2.16. The standard InChI is InChI=1S/C13H12N2O/c16-13(12-10-14-8-9-15-12)7-6-11-4-2-1-3-5-11/h1-10,13,16H. The second-order valence-corrected chi connectivity index (χ2v) is 3.34. The lowest BCUT2D eigenvalue weighted by molar-refractivity contribution is 0.224. The zero-order valence-electron chi connectivity index (χ0n) is 8.69. The van der Waals surface area contributed by atoms with Gasteiger partial charge in [-0.25, -0.2) is 0 Å². The fraction of sp³-hybridized carbons (Fsp3) is 0.0769. The molecule has 1 aromatic carbocycles. The molecule has 0 spiro atoms. The highest BCUT2D eigenvalue weighted by Crippen LogP contribution is 2.11. The molecule has 0 radical (unpaired) electrons. The molecule has 0 saturated carbocycles. The van der Waals surface area contributed by atoms with Crippen molar-refractivity contribution in [3.63, 3.8) is 0 Å². The first kappa shape index (κ1) is 10.5. The summed E-state index contributed by atoms with van der Waals surface area (Å²) in [5.41, 5.74) is 1.60. The fourth-order valence-corrected chi connectivity index (χ4v) is 1.33. The molecule has 3 nitrogen and oxygen atoms in total. The van der Waals surface area contributed by atoms with E-state index in [2.05, 4.69) is 9.97 Å². The van der Waals surface area contributed by atoms with Crippen LogP contribution in [0.3, 0.4) is 0 Å². The van der Waals surface area contributed by atoms with Gasteiger partial charge in [0.1, 0.15) is 6.10 Å². The minimum absolute atomic E-state index is 0.551. The van der Waals surface area contributed by atoms with E-state index < -0.39 is 6.10 Å². The zero-order chi connectivity index (χ0) is 11.2. The van der Waals surface area contributed by atoms with Crippen LogP contribution in [0.1, 0.15) is 17.4 Å². The average Bonchev–Trinajstić information content (AvgIpc) is 2.38. The van der Waals surface area contributed by atoms with E-state index in [1.165, 1.54) is 0 Å². The van der Waals surface area contributed by atoms with E-state index in [-0.39, 0.29) is 0 Å². The molecule has 2 rings (SSSR count). The number of aromatic nitrogens is 2. The Kier molecular flexibility index (Phi) is 3.41. The van der Waals surface area contributed by atoms with E-state index in [1.807, 2.05) is 36.4 Å². The Morgan fingerprint density at radius 2 is 1.94 bits per heavy atom. The molecule has 0 aliphatic heterocycles. The average molecular weight is 212 g/mol. The molecule has 0 bridgehead atoms. The molecule has 0 aliphatic carbocycles. The van der Waals surface area contributed by atoms with Crippen LogP contribution in [0.25, 0.3) is 6.08 Å². The lowest BCUT2D eigenvalue weighted by Crippen LogP contribution is -1.96. The topological polar surface area (TPSA) is 46.0 Å². The summed E-state index contributed by atoms with van der Waals surface area (Å²) in [4.78, 5) is 7.93. The van der Waals surface area contributed by atoms with Crippen molar-refractivity contribution >= 4 is 6.08 Å². The van der Waals surface area contributed by atoms with E-state index in [4.69, 9.17) is 0 Å². The molecule has 1 atom stereocenters. The summed E-state index contributed by atoms with van der Waals surface area (Å²) < 4.78 is 0. The van der Waals surface area contributed by atoms with Gasteiger partial charge in [0.05, 0.1) is 11.9 Å². The van der Waals surface area contributed by atoms with Crippen molar-refractivity contribution < 1.29 is 5.11 Å². The maximum atomic E-state index is 9.79. The van der Waals surface area contributed by atoms with E-state index in [0.717, 1.165) is 5.56 Å². The van der Waals surface area contributed by atoms with Crippen LogP contribution in [-0.2, 0) is 0 Å². The van der Waals surface area contributed by atoms with Gasteiger partial charge in [-0.05, 0) is 11.6 Å². The predicted molar refractivity (Wildman–Crippen MR) is 62.5 cm³/mol. The summed E-state index contributed by atoms with van der Waals surface area (Å²) in [6.45, 7) is 0. The number of nitrogens with zero attached hydrogens (tertiary/aromatic N) is 2. The number of aliphatic hydroxyl groups is 1. The van der Waals surface area contributed by atoms with E-state index in [9.17, 15) is 5.11 Å². The maximum Gasteiger partial charge on any atom is 0.116 e. The Bertz CT molecular complexity index is 454. The molecule has 0 saturated heterocycles. The van der Waals surface area contributed by atoms with Crippen LogP contribution in [0.4, 0.5) is 0 Å². The van der Waals surface area contributed by atoms with E-state index in [0.29, 0.717) is 5.69 Å². The lowest BCUT2D eigenvalue weighted by Gasteiger charge is -2.02. The maximum absolute atomic E-state index is 9.79. The quantitative estimate of drug-likeness (QED) is 0.848. The molecule has 0 aliphatic rings. The van der Waals surface area contributed by atoms with Gasteiger partial charge in [0.2, 0.25) is 0 Å². The lowest BCUT2D eigenvalue weighted by atomic mass is 10.1. The van der Waals surface area contributed by atoms with Crippen molar-refractivity contribution in [2.45, 2.75) is 6.10 Å². The Morgan fingerprint density at radius 1 is 1.12 bits per heavy atom. The van der Waals surface area contributed by atoms with Crippen LogP contribution in [0.2, 0.25) is 0 Å². The molecule has 0 amide bonds. The van der Waals surface area contributed by atoms with Gasteiger partial charge in [-0.2, -0.15) is 0 Å². The number of aliphatic hydroxyl groups excluding tert-OH is 1. The third kappa shape index (κ3) is 2.74. The normalized spacial score (nSPS) is 12.8. The molecule has 0 fully saturated rings. The second kappa shape index (κ2) is 5.19. The van der Waals surface area contributed by atoms with Crippen LogP contribution in [0, 0.1) is 0 Å². The van der Waals surface area contributed by atoms with Gasteiger partial charge in [-0.3, -0.25) is 9.97 Å². The van der Waals surface area contributed by atoms with Gasteiger partial charge >= 0.3 is 0 Å². The van der Waals surface area contributed by atoms with E-state index in [1.54, 1.807) is 24.7 Å². The number of rotatable bonds is 3. The Morgan fingerprint density at radius 3 is 2.62 bits per heavy atom. The monoisotopic (exact) mass is 212 g/mol. The first-order chi connectivity index (χ1) is 7.86. The van der Waals surface area contributed by atoms with Gasteiger partial charge < -0.3 is 5.11 Å². The van der Waals surface area contributed by atoms with Crippen molar-refractivity contribution in [3.05, 3.63) is 66.3 Å². The van der Waals surface area contributed by atoms with Crippen LogP contribution in [0.5, 0.6) is 0 Å². The smallest absolute Gasteiger partial charge is 0.116 e. The highest BCUT2D eigenvalue weighted by Gasteiger charge is 2.03. The molecule has 80 valence electrons. The summed E-state index contributed by atoms with van der Waals surface area (Å²) in [6, 6.07) is 9.80. The number of hydrogen-bond acceptors (Lipinski definition) is 3. The van der Waals surface area contributed by atoms with Gasteiger partial charge in [0.25, 0.3) is 0 Å². The Labute approximate surface area is 94.1 Å². The molecule has 1 heterocycles. The first-order valence-corrected chi connectivity index (χ1v) is 5.03. The molecule has 1 aromatic heterocycles. The summed E-state index contributed by atoms with van der Waals surface area (Å²) in [5, 5.41) is 9.79. The largest absolute Gasteiger partial charge is 0.383 e. The second-order valence-electron chi connectivity index (χ2n) is 3.34. The predicted octanol–water partition coefficient (Wildman–Crippen LogP) is 2.22. The zero-order valence-corrected chi connectivity index (χ0v) is 8.69. The third-order valence-corrected chi connectivity index (χ3v) is 2.16. The molecule has 16 heavy (non-hydrogen) atoms. The molecular formula is C13H12N2O. The summed E-state index contributed by atoms with van der Waals surface area (Å²) in [6.07, 6.45) is 7.54. The highest BCUT2D eigenvalue weighted by molar-refractivity contribution is 5.49. The summed E-state index contributed by atoms with van der Waals surface area (Å²) in [5.74, 6) is 0. The molecule has 1 unspecified atom stereocenters. The fourth-order valence-electron chi connectivity index (χ4n) is 1.33. The van der Waals surface area contributed by atoms with Crippen molar-refractivity contribution in [1.82, 2.24) is 9.97 Å². The van der Waals surface area contributed by atoms with Gasteiger partial charge in [-0.15, -0.1) is 0 Å². The van der Waals surface area contributed by atoms with Crippen LogP contribution in [0.15, 0.2) is 55.0 Å². The summed E-state index contributed by atoms with van der Waals surface area (Å²) >= 11 is 0. The first-order valence-electron chi connectivity index (χ1n) is 5.03. The number of benzene rings is 1. The molecule has 1 N–H and O–H groups in total. The molecule has 2 aromatic rings. The Hall–Kier alpha value is -2.00. The molecular weight excluding hydrogens is 200 g/mol. The van der Waals surface area contributed by atoms with Crippen LogP contribution >= 0.6 is 0 Å². The van der Waals surface area contributed by atoms with Crippen molar-refractivity contribution in [1.29, 1.82) is 0 Å². The van der Waals surface area contributed by atoms with Crippen molar-refractivity contribution in [2.24, 2.45) is 0 Å². The van der Waals surface area contributed by atoms with Crippen LogP contribution < -0.4 is 0 Å². The van der Waals surface area contributed by atoms with Gasteiger partial charge in [0, 0.05) is 12.4 Å². The summed E-state index contributed by atoms with van der Waals surface area (Å²) in [7, 11) is 0. The number of hydrogen-bond donors (Lipinski definition) is 1. The van der Waals surface area contributed by atoms with E-state index >= 15 is 0 Å². The minimum atomic E-state index is -0.714. The van der Waals surface area contributed by atoms with Gasteiger partial charge in [0.15, 0.2) is 0 Å². The highest BCUT2D eigenvalue weighted by atomic mass is 16.3. The van der Waals surface area contributed by atoms with Gasteiger partial charge in [-0.1, -0.05) is 36.4 Å². The Balaban J connectivity index is 2.08. The van der Waals surface area contributed by atoms with Crippen molar-refractivity contribution in [3.8, 4) is 0 Å². The SMILES string of the molecule is OC(C=Cc1ccccc1)c1cnccn1.